The van der Waals surface area contributed by atoms with Crippen molar-refractivity contribution < 1.29 is 19.7 Å². The molecule has 2 aromatic carbocycles. The molecule has 0 aliphatic heterocycles. The molecule has 0 bridgehead atoms. The molecule has 4 nitrogen and oxygen atoms in total. The number of aliphatic hydroxyl groups is 1. The molecule has 0 saturated heterocycles. The van der Waals surface area contributed by atoms with Crippen molar-refractivity contribution in [2.75, 3.05) is 6.61 Å². The zero-order valence-corrected chi connectivity index (χ0v) is 19.4. The summed E-state index contributed by atoms with van der Waals surface area (Å²) >= 11 is 0. The first kappa shape index (κ1) is 24.1. The minimum Gasteiger partial charge on any atom is -0.481 e. The van der Waals surface area contributed by atoms with Crippen LogP contribution >= 0.6 is 0 Å². The Morgan fingerprint density at radius 3 is 2.17 bits per heavy atom. The molecular weight excluding hydrogens is 392 g/mol. The average Bonchev–Trinajstić information content (AvgIpc) is 2.72. The maximum Gasteiger partial charge on any atom is 0.309 e. The summed E-state index contributed by atoms with van der Waals surface area (Å²) in [6.07, 6.45) is 2.26. The van der Waals surface area contributed by atoms with Crippen molar-refractivity contribution >= 4 is 19.2 Å². The van der Waals surface area contributed by atoms with Crippen molar-refractivity contribution in [3.63, 3.8) is 0 Å². The Balaban J connectivity index is 2.32. The van der Waals surface area contributed by atoms with Gasteiger partial charge in [0.15, 0.2) is 0 Å². The maximum atomic E-state index is 12.3. The number of rotatable bonds is 11. The number of benzene rings is 2. The van der Waals surface area contributed by atoms with E-state index >= 15 is 0 Å². The molecule has 0 saturated carbocycles. The number of carbonyl (C=O) groups is 1. The highest BCUT2D eigenvalue weighted by Crippen LogP contribution is 2.40. The van der Waals surface area contributed by atoms with Gasteiger partial charge >= 0.3 is 5.97 Å². The number of aliphatic hydroxyl groups excluding tert-OH is 1. The van der Waals surface area contributed by atoms with E-state index < -0.39 is 26.1 Å². The van der Waals surface area contributed by atoms with Crippen LogP contribution in [0.25, 0.3) is 0 Å². The van der Waals surface area contributed by atoms with Gasteiger partial charge in [0.1, 0.15) is 0 Å². The third kappa shape index (κ3) is 6.14. The van der Waals surface area contributed by atoms with E-state index in [0.29, 0.717) is 13.2 Å². The average molecular weight is 427 g/mol. The summed E-state index contributed by atoms with van der Waals surface area (Å²) in [5.41, 5.74) is 0.879. The van der Waals surface area contributed by atoms with Crippen LogP contribution in [0.2, 0.25) is 18.6 Å². The highest BCUT2D eigenvalue weighted by molar-refractivity contribution is 6.91. The quantitative estimate of drug-likeness (QED) is 0.411. The van der Waals surface area contributed by atoms with Gasteiger partial charge in [-0.2, -0.15) is 0 Å². The van der Waals surface area contributed by atoms with Crippen molar-refractivity contribution in [3.05, 3.63) is 78.4 Å². The van der Waals surface area contributed by atoms with Crippen LogP contribution in [0.5, 0.6) is 0 Å². The minimum absolute atomic E-state index is 0.0309. The first-order valence-electron chi connectivity index (χ1n) is 10.5. The Labute approximate surface area is 181 Å². The van der Waals surface area contributed by atoms with E-state index in [-0.39, 0.29) is 11.5 Å². The van der Waals surface area contributed by atoms with E-state index in [1.165, 1.54) is 5.19 Å². The van der Waals surface area contributed by atoms with Gasteiger partial charge in [-0.15, -0.1) is 0 Å². The van der Waals surface area contributed by atoms with E-state index in [1.54, 1.807) is 19.1 Å². The summed E-state index contributed by atoms with van der Waals surface area (Å²) in [4.78, 5) is 12.3. The van der Waals surface area contributed by atoms with E-state index in [4.69, 9.17) is 4.74 Å². The van der Waals surface area contributed by atoms with Crippen molar-refractivity contribution in [2.45, 2.75) is 45.2 Å². The van der Waals surface area contributed by atoms with Gasteiger partial charge in [0.2, 0.25) is 0 Å². The van der Waals surface area contributed by atoms with Gasteiger partial charge in [0, 0.05) is 6.61 Å². The van der Waals surface area contributed by atoms with Gasteiger partial charge in [-0.25, -0.2) is 0 Å². The SMILES string of the molecule is C/C=C/[C@@H](O)[C@@H](C(=O)O)[C@@H]([C@@H](C)COCc1ccccc1)[Si](C)(C)c1ccccc1. The van der Waals surface area contributed by atoms with E-state index in [9.17, 15) is 15.0 Å². The van der Waals surface area contributed by atoms with Crippen molar-refractivity contribution in [1.82, 2.24) is 0 Å². The van der Waals surface area contributed by atoms with Crippen LogP contribution in [0.15, 0.2) is 72.8 Å². The molecule has 2 N–H and O–H groups in total. The monoisotopic (exact) mass is 426 g/mol. The molecule has 162 valence electrons. The summed E-state index contributed by atoms with van der Waals surface area (Å²) in [6.45, 7) is 9.16. The van der Waals surface area contributed by atoms with E-state index in [2.05, 4.69) is 25.2 Å². The van der Waals surface area contributed by atoms with Crippen LogP contribution < -0.4 is 5.19 Å². The first-order chi connectivity index (χ1) is 14.3. The van der Waals surface area contributed by atoms with Gasteiger partial charge < -0.3 is 14.9 Å². The number of carboxylic acid groups (broad SMARTS) is 1. The zero-order valence-electron chi connectivity index (χ0n) is 18.4. The fraction of sp³-hybridized carbons (Fsp3) is 0.400. The summed E-state index contributed by atoms with van der Waals surface area (Å²) in [5.74, 6) is -1.88. The Morgan fingerprint density at radius 1 is 1.07 bits per heavy atom. The Bertz CT molecular complexity index is 804. The Kier molecular flexibility index (Phi) is 9.02. The van der Waals surface area contributed by atoms with Gasteiger partial charge in [-0.1, -0.05) is 98.0 Å². The van der Waals surface area contributed by atoms with Crippen LogP contribution in [-0.4, -0.2) is 37.0 Å². The lowest BCUT2D eigenvalue weighted by molar-refractivity contribution is -0.145. The molecule has 0 heterocycles. The molecule has 0 radical (unpaired) electrons. The Morgan fingerprint density at radius 2 is 1.63 bits per heavy atom. The second kappa shape index (κ2) is 11.3. The van der Waals surface area contributed by atoms with Crippen LogP contribution in [0, 0.1) is 11.8 Å². The molecule has 0 unspecified atom stereocenters. The molecule has 30 heavy (non-hydrogen) atoms. The second-order valence-electron chi connectivity index (χ2n) is 8.47. The van der Waals surface area contributed by atoms with E-state index in [0.717, 1.165) is 5.56 Å². The topological polar surface area (TPSA) is 66.8 Å². The van der Waals surface area contributed by atoms with Crippen molar-refractivity contribution in [2.24, 2.45) is 11.8 Å². The number of carboxylic acids is 1. The number of hydrogen-bond donors (Lipinski definition) is 2. The van der Waals surface area contributed by atoms with Gasteiger partial charge in [-0.05, 0) is 23.9 Å². The number of hydrogen-bond acceptors (Lipinski definition) is 3. The third-order valence-corrected chi connectivity index (χ3v) is 10.3. The lowest BCUT2D eigenvalue weighted by Gasteiger charge is -2.41. The highest BCUT2D eigenvalue weighted by Gasteiger charge is 2.47. The maximum absolute atomic E-state index is 12.3. The molecule has 5 heteroatoms. The Hall–Kier alpha value is -2.21. The molecule has 4 atom stereocenters. The predicted octanol–water partition coefficient (Wildman–Crippen LogP) is 4.46. The summed E-state index contributed by atoms with van der Waals surface area (Å²) in [5, 5.41) is 22.0. The predicted molar refractivity (Wildman–Crippen MR) is 125 cm³/mol. The van der Waals surface area contributed by atoms with Crippen molar-refractivity contribution in [1.29, 1.82) is 0 Å². The number of ether oxygens (including phenoxy) is 1. The molecular formula is C25H34O4Si. The molecule has 0 aromatic heterocycles. The first-order valence-corrected chi connectivity index (χ1v) is 13.6. The zero-order chi connectivity index (χ0) is 22.1. The molecule has 0 aliphatic rings. The summed E-state index contributed by atoms with van der Waals surface area (Å²) < 4.78 is 5.99. The normalized spacial score (nSPS) is 16.2. The van der Waals surface area contributed by atoms with Crippen LogP contribution in [0.3, 0.4) is 0 Å². The van der Waals surface area contributed by atoms with Crippen LogP contribution in [0.1, 0.15) is 19.4 Å². The lowest BCUT2D eigenvalue weighted by Crippen LogP contribution is -2.54. The molecule has 0 spiro atoms. The van der Waals surface area contributed by atoms with E-state index in [1.807, 2.05) is 55.5 Å². The highest BCUT2D eigenvalue weighted by atomic mass is 28.3. The largest absolute Gasteiger partial charge is 0.481 e. The third-order valence-electron chi connectivity index (χ3n) is 5.89. The molecule has 0 fully saturated rings. The summed E-state index contributed by atoms with van der Waals surface area (Å²) in [7, 11) is -2.27. The van der Waals surface area contributed by atoms with Gasteiger partial charge in [-0.3, -0.25) is 4.79 Å². The minimum atomic E-state index is -2.27. The molecule has 0 amide bonds. The van der Waals surface area contributed by atoms with Crippen molar-refractivity contribution in [3.8, 4) is 0 Å². The fourth-order valence-corrected chi connectivity index (χ4v) is 8.64. The number of allylic oxidation sites excluding steroid dienone is 1. The smallest absolute Gasteiger partial charge is 0.309 e. The second-order valence-corrected chi connectivity index (χ2v) is 13.2. The fourth-order valence-electron chi connectivity index (χ4n) is 4.44. The van der Waals surface area contributed by atoms with Crippen LogP contribution in [0.4, 0.5) is 0 Å². The van der Waals surface area contributed by atoms with Gasteiger partial charge in [0.05, 0.1) is 26.7 Å². The molecule has 2 rings (SSSR count). The molecule has 0 aliphatic carbocycles. The number of aliphatic carboxylic acids is 1. The van der Waals surface area contributed by atoms with Gasteiger partial charge in [0.25, 0.3) is 0 Å². The standard InChI is InChI=1S/C25H34O4Si/c1-5-12-22(26)23(25(27)28)24(30(3,4)21-15-10-7-11-16-21)19(2)17-29-18-20-13-8-6-9-14-20/h5-16,19,22-24,26H,17-18H2,1-4H3,(H,27,28)/b12-5+/t19-,22+,23+,24+/m0/s1. The molecule has 2 aromatic rings. The van der Waals surface area contributed by atoms with Crippen LogP contribution in [-0.2, 0) is 16.1 Å². The lowest BCUT2D eigenvalue weighted by atomic mass is 9.90. The summed E-state index contributed by atoms with van der Waals surface area (Å²) in [6, 6.07) is 20.1.